The van der Waals surface area contributed by atoms with Crippen LogP contribution < -0.4 is 0 Å². The molecule has 0 aromatic carbocycles. The molecule has 0 aromatic rings. The van der Waals surface area contributed by atoms with Gasteiger partial charge in [-0.3, -0.25) is 0 Å². The van der Waals surface area contributed by atoms with Gasteiger partial charge in [0.1, 0.15) is 0 Å². The summed E-state index contributed by atoms with van der Waals surface area (Å²) in [4.78, 5) is 0. The van der Waals surface area contributed by atoms with Gasteiger partial charge in [-0.2, -0.15) is 0 Å². The summed E-state index contributed by atoms with van der Waals surface area (Å²) in [7, 11) is 1.60. The second-order valence-corrected chi connectivity index (χ2v) is 7.48. The van der Waals surface area contributed by atoms with E-state index in [-0.39, 0.29) is 5.92 Å². The molecule has 0 aromatic heterocycles. The molecule has 0 bridgehead atoms. The minimum atomic E-state index is -3.59. The summed E-state index contributed by atoms with van der Waals surface area (Å²) in [6, 6.07) is 0. The summed E-state index contributed by atoms with van der Waals surface area (Å²) in [6.07, 6.45) is 1.33. The van der Waals surface area contributed by atoms with Gasteiger partial charge in [0.2, 0.25) is 0 Å². The molecule has 1 saturated carbocycles. The lowest BCUT2D eigenvalue weighted by Crippen LogP contribution is -2.13. The Balaban J connectivity index is 2.61. The molecule has 0 heterocycles. The third-order valence-electron chi connectivity index (χ3n) is 2.14. The van der Waals surface area contributed by atoms with E-state index in [1.54, 1.807) is 0 Å². The first-order chi connectivity index (χ1) is 5.27. The van der Waals surface area contributed by atoms with E-state index >= 15 is 0 Å². The molecule has 0 aliphatic heterocycles. The first-order valence-electron chi connectivity index (χ1n) is 3.90. The van der Waals surface area contributed by atoms with Crippen LogP contribution in [0.1, 0.15) is 26.7 Å². The molecule has 1 aliphatic rings. The molecule has 72 valence electrons. The summed E-state index contributed by atoms with van der Waals surface area (Å²) in [5, 5.41) is 0. The summed E-state index contributed by atoms with van der Waals surface area (Å²) in [6.45, 7) is 4.08. The highest BCUT2D eigenvalue weighted by atomic mass is 35.7. The van der Waals surface area contributed by atoms with E-state index in [4.69, 9.17) is 22.3 Å². The highest BCUT2D eigenvalue weighted by molar-refractivity contribution is 8.16. The number of alkyl halides is 1. The third kappa shape index (κ3) is 1.88. The van der Waals surface area contributed by atoms with E-state index in [1.807, 2.05) is 13.8 Å². The van der Waals surface area contributed by atoms with Gasteiger partial charge in [0.15, 0.2) is 4.21 Å². The van der Waals surface area contributed by atoms with Crippen LogP contribution in [0, 0.1) is 11.8 Å². The zero-order chi connectivity index (χ0) is 9.57. The fourth-order valence-corrected chi connectivity index (χ4v) is 3.14. The number of rotatable bonds is 3. The van der Waals surface area contributed by atoms with Crippen molar-refractivity contribution in [2.45, 2.75) is 30.9 Å². The molecule has 2 atom stereocenters. The van der Waals surface area contributed by atoms with Crippen LogP contribution in [0.25, 0.3) is 0 Å². The van der Waals surface area contributed by atoms with Crippen molar-refractivity contribution in [1.29, 1.82) is 0 Å². The number of hydrogen-bond donors (Lipinski definition) is 0. The van der Waals surface area contributed by atoms with E-state index in [0.29, 0.717) is 12.3 Å². The molecular weight excluding hydrogens is 219 g/mol. The lowest BCUT2D eigenvalue weighted by molar-refractivity contribution is 0.531. The van der Waals surface area contributed by atoms with Crippen molar-refractivity contribution in [1.82, 2.24) is 0 Å². The Morgan fingerprint density at radius 1 is 1.58 bits per heavy atom. The second-order valence-electron chi connectivity index (χ2n) is 3.75. The van der Waals surface area contributed by atoms with Gasteiger partial charge >= 0.3 is 0 Å². The molecular formula is C7H12Cl2O2S. The molecule has 12 heavy (non-hydrogen) atoms. The van der Waals surface area contributed by atoms with E-state index < -0.39 is 13.3 Å². The highest BCUT2D eigenvalue weighted by Gasteiger charge is 2.62. The van der Waals surface area contributed by atoms with Crippen LogP contribution in [0.3, 0.4) is 0 Å². The molecule has 1 aliphatic carbocycles. The van der Waals surface area contributed by atoms with Crippen LogP contribution in [0.2, 0.25) is 0 Å². The van der Waals surface area contributed by atoms with Gasteiger partial charge in [-0.25, -0.2) is 8.42 Å². The molecule has 1 rings (SSSR count). The van der Waals surface area contributed by atoms with Crippen LogP contribution >= 0.6 is 22.3 Å². The first-order valence-corrected chi connectivity index (χ1v) is 6.59. The van der Waals surface area contributed by atoms with Crippen molar-refractivity contribution in [3.8, 4) is 0 Å². The van der Waals surface area contributed by atoms with Crippen LogP contribution in [0.5, 0.6) is 0 Å². The van der Waals surface area contributed by atoms with Crippen molar-refractivity contribution in [2.75, 3.05) is 0 Å². The zero-order valence-corrected chi connectivity index (χ0v) is 9.38. The number of halogens is 2. The maximum Gasteiger partial charge on any atom is 0.252 e. The van der Waals surface area contributed by atoms with Gasteiger partial charge in [-0.05, 0) is 24.7 Å². The fourth-order valence-electron chi connectivity index (χ4n) is 1.40. The zero-order valence-electron chi connectivity index (χ0n) is 7.05. The lowest BCUT2D eigenvalue weighted by atomic mass is 10.1. The smallest absolute Gasteiger partial charge is 0.210 e. The summed E-state index contributed by atoms with van der Waals surface area (Å²) in [5.41, 5.74) is 0. The molecule has 0 amide bonds. The molecule has 1 fully saturated rings. The van der Waals surface area contributed by atoms with Crippen molar-refractivity contribution in [2.24, 2.45) is 11.8 Å². The van der Waals surface area contributed by atoms with Crippen LogP contribution in [-0.2, 0) is 9.05 Å². The molecule has 5 heteroatoms. The topological polar surface area (TPSA) is 34.1 Å². The maximum absolute atomic E-state index is 10.9. The average Bonchev–Trinajstić information content (AvgIpc) is 2.39. The lowest BCUT2D eigenvalue weighted by Gasteiger charge is -2.06. The molecule has 0 saturated heterocycles. The molecule has 2 nitrogen and oxygen atoms in total. The summed E-state index contributed by atoms with van der Waals surface area (Å²) in [5.74, 6) is 0.510. The SMILES string of the molecule is CC(C)CC1CC1(Cl)S(=O)(=O)Cl. The van der Waals surface area contributed by atoms with Gasteiger partial charge in [-0.15, -0.1) is 11.6 Å². The maximum atomic E-state index is 10.9. The van der Waals surface area contributed by atoms with Crippen molar-refractivity contribution in [3.63, 3.8) is 0 Å². The van der Waals surface area contributed by atoms with Crippen molar-refractivity contribution in [3.05, 3.63) is 0 Å². The Labute approximate surface area is 82.7 Å². The highest BCUT2D eigenvalue weighted by Crippen LogP contribution is 2.57. The number of hydrogen-bond acceptors (Lipinski definition) is 2. The van der Waals surface area contributed by atoms with Crippen LogP contribution in [0.15, 0.2) is 0 Å². The third-order valence-corrected chi connectivity index (χ3v) is 5.58. The van der Waals surface area contributed by atoms with Gasteiger partial charge in [-0.1, -0.05) is 13.8 Å². The van der Waals surface area contributed by atoms with E-state index in [1.165, 1.54) is 0 Å². The summed E-state index contributed by atoms with van der Waals surface area (Å²) >= 11 is 5.81. The predicted octanol–water partition coefficient (Wildman–Crippen LogP) is 2.56. The van der Waals surface area contributed by atoms with Crippen molar-refractivity contribution < 1.29 is 8.42 Å². The molecule has 2 unspecified atom stereocenters. The predicted molar refractivity (Wildman–Crippen MR) is 50.9 cm³/mol. The van der Waals surface area contributed by atoms with Gasteiger partial charge in [0.25, 0.3) is 9.05 Å². The molecule has 0 radical (unpaired) electrons. The van der Waals surface area contributed by atoms with Crippen LogP contribution in [-0.4, -0.2) is 12.6 Å². The fraction of sp³-hybridized carbons (Fsp3) is 1.00. The average molecular weight is 231 g/mol. The molecule has 0 spiro atoms. The first kappa shape index (κ1) is 10.6. The summed E-state index contributed by atoms with van der Waals surface area (Å²) < 4.78 is 20.7. The van der Waals surface area contributed by atoms with Crippen LogP contribution in [0.4, 0.5) is 0 Å². The van der Waals surface area contributed by atoms with E-state index in [0.717, 1.165) is 6.42 Å². The van der Waals surface area contributed by atoms with Crippen molar-refractivity contribution >= 4 is 31.3 Å². The second kappa shape index (κ2) is 3.03. The Hall–Kier alpha value is 0.530. The Morgan fingerprint density at radius 2 is 2.08 bits per heavy atom. The minimum Gasteiger partial charge on any atom is -0.210 e. The monoisotopic (exact) mass is 230 g/mol. The molecule has 0 N–H and O–H groups in total. The van der Waals surface area contributed by atoms with E-state index in [2.05, 4.69) is 0 Å². The Morgan fingerprint density at radius 3 is 2.33 bits per heavy atom. The van der Waals surface area contributed by atoms with E-state index in [9.17, 15) is 8.42 Å². The Kier molecular flexibility index (Phi) is 2.68. The minimum absolute atomic E-state index is 0.0432. The largest absolute Gasteiger partial charge is 0.252 e. The Bertz CT molecular complexity index is 273. The quantitative estimate of drug-likeness (QED) is 0.552. The van der Waals surface area contributed by atoms with Gasteiger partial charge in [0, 0.05) is 10.7 Å². The standard InChI is InChI=1S/C7H12Cl2O2S/c1-5(2)3-6-4-7(6,8)12(9,10)11/h5-6H,3-4H2,1-2H3. The normalized spacial score (nSPS) is 35.6. The van der Waals surface area contributed by atoms with Gasteiger partial charge in [0.05, 0.1) is 0 Å². The van der Waals surface area contributed by atoms with Gasteiger partial charge < -0.3 is 0 Å².